The maximum absolute atomic E-state index is 3.75. The molecule has 2 aromatic carbocycles. The third-order valence-corrected chi connectivity index (χ3v) is 4.63. The Bertz CT molecular complexity index is 561. The van der Waals surface area contributed by atoms with Crippen molar-refractivity contribution >= 4 is 0 Å². The lowest BCUT2D eigenvalue weighted by molar-refractivity contribution is 0.338. The minimum atomic E-state index is 0.657. The van der Waals surface area contributed by atoms with Crippen molar-refractivity contribution in [2.24, 2.45) is 0 Å². The van der Waals surface area contributed by atoms with Crippen LogP contribution >= 0.6 is 0 Å². The average Bonchev–Trinajstić information content (AvgIpc) is 2.63. The quantitative estimate of drug-likeness (QED) is 0.748. The van der Waals surface area contributed by atoms with Crippen molar-refractivity contribution in [3.05, 3.63) is 71.3 Å². The fraction of sp³-hybridized carbons (Fsp3) is 0.455. The van der Waals surface area contributed by atoms with E-state index in [2.05, 4.69) is 66.8 Å². The molecule has 1 N–H and O–H groups in total. The highest BCUT2D eigenvalue weighted by atomic mass is 14.9. The van der Waals surface area contributed by atoms with Crippen molar-refractivity contribution in [2.75, 3.05) is 0 Å². The Hall–Kier alpha value is -1.60. The van der Waals surface area contributed by atoms with Gasteiger partial charge in [0.2, 0.25) is 0 Å². The standard InChI is InChI=1S/C20H25N.C2H6/c1-16-7-5-10-18(13-16)19-11-6-12-20(14-19)21-15-17-8-3-2-4-9-17;1-2/h2-5,7-10,13,19-21H,6,11-12,14-15H2,1H3;1-2H3. The van der Waals surface area contributed by atoms with Gasteiger partial charge in [-0.2, -0.15) is 0 Å². The minimum Gasteiger partial charge on any atom is -0.310 e. The average molecular weight is 309 g/mol. The van der Waals surface area contributed by atoms with E-state index in [0.29, 0.717) is 6.04 Å². The second-order valence-corrected chi connectivity index (χ2v) is 6.34. The summed E-state index contributed by atoms with van der Waals surface area (Å²) in [7, 11) is 0. The van der Waals surface area contributed by atoms with Crippen LogP contribution in [0.25, 0.3) is 0 Å². The highest BCUT2D eigenvalue weighted by Crippen LogP contribution is 2.33. The van der Waals surface area contributed by atoms with Gasteiger partial charge in [0.15, 0.2) is 0 Å². The molecule has 1 aliphatic rings. The molecule has 2 aromatic rings. The molecule has 23 heavy (non-hydrogen) atoms. The van der Waals surface area contributed by atoms with Crippen LogP contribution in [0.2, 0.25) is 0 Å². The first-order chi connectivity index (χ1) is 11.3. The molecule has 2 atom stereocenters. The second kappa shape index (κ2) is 9.52. The van der Waals surface area contributed by atoms with Crippen LogP contribution in [0, 0.1) is 6.92 Å². The van der Waals surface area contributed by atoms with Gasteiger partial charge in [-0.25, -0.2) is 0 Å². The van der Waals surface area contributed by atoms with Crippen LogP contribution in [0.4, 0.5) is 0 Å². The van der Waals surface area contributed by atoms with Gasteiger partial charge in [-0.05, 0) is 43.2 Å². The van der Waals surface area contributed by atoms with E-state index >= 15 is 0 Å². The van der Waals surface area contributed by atoms with Gasteiger partial charge in [0, 0.05) is 12.6 Å². The monoisotopic (exact) mass is 309 g/mol. The van der Waals surface area contributed by atoms with Gasteiger partial charge in [0.25, 0.3) is 0 Å². The summed E-state index contributed by atoms with van der Waals surface area (Å²) in [6.07, 6.45) is 5.27. The van der Waals surface area contributed by atoms with E-state index in [0.717, 1.165) is 12.5 Å². The van der Waals surface area contributed by atoms with Crippen LogP contribution in [-0.4, -0.2) is 6.04 Å². The predicted molar refractivity (Wildman–Crippen MR) is 101 cm³/mol. The second-order valence-electron chi connectivity index (χ2n) is 6.34. The van der Waals surface area contributed by atoms with Crippen molar-refractivity contribution in [1.82, 2.24) is 5.32 Å². The van der Waals surface area contributed by atoms with Gasteiger partial charge in [-0.15, -0.1) is 0 Å². The van der Waals surface area contributed by atoms with Crippen molar-refractivity contribution in [3.8, 4) is 0 Å². The zero-order valence-corrected chi connectivity index (χ0v) is 14.9. The van der Waals surface area contributed by atoms with E-state index in [1.807, 2.05) is 13.8 Å². The first-order valence-corrected chi connectivity index (χ1v) is 9.15. The lowest BCUT2D eigenvalue weighted by Crippen LogP contribution is -2.33. The van der Waals surface area contributed by atoms with Gasteiger partial charge >= 0.3 is 0 Å². The Morgan fingerprint density at radius 1 is 0.957 bits per heavy atom. The Labute approximate surface area is 142 Å². The van der Waals surface area contributed by atoms with Gasteiger partial charge in [0.05, 0.1) is 0 Å². The molecule has 2 unspecified atom stereocenters. The lowest BCUT2D eigenvalue weighted by atomic mass is 9.81. The molecule has 0 amide bonds. The molecule has 1 saturated carbocycles. The maximum Gasteiger partial charge on any atom is 0.0208 e. The SMILES string of the molecule is CC.Cc1cccc(C2CCCC(NCc3ccccc3)C2)c1. The Kier molecular flexibility index (Phi) is 7.35. The molecule has 0 spiro atoms. The van der Waals surface area contributed by atoms with Crippen LogP contribution < -0.4 is 5.32 Å². The number of hydrogen-bond acceptors (Lipinski definition) is 1. The van der Waals surface area contributed by atoms with Crippen LogP contribution in [0.15, 0.2) is 54.6 Å². The van der Waals surface area contributed by atoms with E-state index < -0.39 is 0 Å². The summed E-state index contributed by atoms with van der Waals surface area (Å²) in [4.78, 5) is 0. The van der Waals surface area contributed by atoms with Crippen LogP contribution in [-0.2, 0) is 6.54 Å². The van der Waals surface area contributed by atoms with Crippen molar-refractivity contribution in [3.63, 3.8) is 0 Å². The topological polar surface area (TPSA) is 12.0 Å². The highest BCUT2D eigenvalue weighted by Gasteiger charge is 2.22. The molecule has 0 heterocycles. The van der Waals surface area contributed by atoms with Crippen LogP contribution in [0.1, 0.15) is 62.1 Å². The molecule has 1 aliphatic carbocycles. The Balaban J connectivity index is 0.000000924. The molecule has 0 bridgehead atoms. The molecule has 0 saturated heterocycles. The molecular weight excluding hydrogens is 278 g/mol. The van der Waals surface area contributed by atoms with E-state index in [4.69, 9.17) is 0 Å². The predicted octanol–water partition coefficient (Wildman–Crippen LogP) is 5.84. The molecule has 1 heteroatoms. The van der Waals surface area contributed by atoms with Gasteiger partial charge < -0.3 is 5.32 Å². The van der Waals surface area contributed by atoms with E-state index in [1.54, 1.807) is 0 Å². The van der Waals surface area contributed by atoms with Crippen molar-refractivity contribution < 1.29 is 0 Å². The van der Waals surface area contributed by atoms with Crippen LogP contribution in [0.3, 0.4) is 0 Å². The van der Waals surface area contributed by atoms with Gasteiger partial charge in [-0.1, -0.05) is 80.4 Å². The lowest BCUT2D eigenvalue weighted by Gasteiger charge is -2.30. The molecule has 1 nitrogen and oxygen atoms in total. The van der Waals surface area contributed by atoms with Crippen molar-refractivity contribution in [1.29, 1.82) is 0 Å². The van der Waals surface area contributed by atoms with Gasteiger partial charge in [-0.3, -0.25) is 0 Å². The third kappa shape index (κ3) is 5.51. The number of nitrogens with one attached hydrogen (secondary N) is 1. The largest absolute Gasteiger partial charge is 0.310 e. The summed E-state index contributed by atoms with van der Waals surface area (Å²) in [5.41, 5.74) is 4.29. The summed E-state index contributed by atoms with van der Waals surface area (Å²) < 4.78 is 0. The maximum atomic E-state index is 3.75. The smallest absolute Gasteiger partial charge is 0.0208 e. The summed E-state index contributed by atoms with van der Waals surface area (Å²) in [5.74, 6) is 0.729. The number of aryl methyl sites for hydroxylation is 1. The molecule has 0 aromatic heterocycles. The fourth-order valence-electron chi connectivity index (χ4n) is 3.46. The normalized spacial score (nSPS) is 20.5. The summed E-state index contributed by atoms with van der Waals surface area (Å²) in [6.45, 7) is 7.18. The van der Waals surface area contributed by atoms with Crippen molar-refractivity contribution in [2.45, 2.75) is 65.0 Å². The molecule has 1 fully saturated rings. The summed E-state index contributed by atoms with van der Waals surface area (Å²) >= 11 is 0. The first-order valence-electron chi connectivity index (χ1n) is 9.15. The fourth-order valence-corrected chi connectivity index (χ4v) is 3.46. The van der Waals surface area contributed by atoms with E-state index in [-0.39, 0.29) is 0 Å². The summed E-state index contributed by atoms with van der Waals surface area (Å²) in [6, 6.07) is 20.4. The van der Waals surface area contributed by atoms with Crippen LogP contribution in [0.5, 0.6) is 0 Å². The molecule has 0 radical (unpaired) electrons. The van der Waals surface area contributed by atoms with E-state index in [1.165, 1.54) is 42.4 Å². The Morgan fingerprint density at radius 2 is 1.74 bits per heavy atom. The minimum absolute atomic E-state index is 0.657. The first kappa shape index (κ1) is 17.7. The molecule has 0 aliphatic heterocycles. The zero-order chi connectivity index (χ0) is 16.5. The zero-order valence-electron chi connectivity index (χ0n) is 14.9. The molecule has 3 rings (SSSR count). The molecular formula is C22H31N. The number of benzene rings is 2. The number of rotatable bonds is 4. The van der Waals surface area contributed by atoms with Gasteiger partial charge in [0.1, 0.15) is 0 Å². The third-order valence-electron chi connectivity index (χ3n) is 4.63. The Morgan fingerprint density at radius 3 is 2.48 bits per heavy atom. The number of hydrogen-bond donors (Lipinski definition) is 1. The molecule has 124 valence electrons. The summed E-state index contributed by atoms with van der Waals surface area (Å²) in [5, 5.41) is 3.75. The highest BCUT2D eigenvalue weighted by molar-refractivity contribution is 5.26. The van der Waals surface area contributed by atoms with E-state index in [9.17, 15) is 0 Å².